The van der Waals surface area contributed by atoms with Gasteiger partial charge in [0.1, 0.15) is 0 Å². The maximum atomic E-state index is 12.5. The molecule has 33 heavy (non-hydrogen) atoms. The first-order valence-corrected chi connectivity index (χ1v) is 11.6. The van der Waals surface area contributed by atoms with Crippen molar-refractivity contribution in [2.75, 3.05) is 50.7 Å². The molecular weight excluding hydrogens is 448 g/mol. The number of hydrogen-bond acceptors (Lipinski definition) is 9. The Morgan fingerprint density at radius 2 is 1.76 bits per heavy atom. The average molecular weight is 479 g/mol. The fourth-order valence-corrected chi connectivity index (χ4v) is 4.93. The Balaban J connectivity index is 1.22. The van der Waals surface area contributed by atoms with Gasteiger partial charge in [-0.3, -0.25) is 19.8 Å². The number of guanidine groups is 1. The SMILES string of the molecule is NC(=NC1CCN(CC(=O)NC2CN3CCC2CC3)CC1)NC(=O)c1nc(Cl)c(N)nc1N. The van der Waals surface area contributed by atoms with E-state index < -0.39 is 5.91 Å². The van der Waals surface area contributed by atoms with E-state index in [4.69, 9.17) is 28.8 Å². The molecule has 2 bridgehead atoms. The van der Waals surface area contributed by atoms with Crippen LogP contribution in [-0.2, 0) is 4.79 Å². The number of carbonyl (C=O) groups is 2. The van der Waals surface area contributed by atoms with Gasteiger partial charge in [-0.05, 0) is 44.7 Å². The number of fused-ring (bicyclic) bond motifs is 3. The third-order valence-corrected chi connectivity index (χ3v) is 6.89. The molecule has 0 radical (unpaired) electrons. The third-order valence-electron chi connectivity index (χ3n) is 6.61. The zero-order chi connectivity index (χ0) is 23.5. The lowest BCUT2D eigenvalue weighted by molar-refractivity contribution is -0.124. The van der Waals surface area contributed by atoms with Crippen LogP contribution in [0.15, 0.2) is 4.99 Å². The van der Waals surface area contributed by atoms with Crippen molar-refractivity contribution in [2.45, 2.75) is 37.8 Å². The number of amides is 2. The number of nitrogen functional groups attached to an aromatic ring is 2. The number of piperidine rings is 4. The number of rotatable bonds is 5. The van der Waals surface area contributed by atoms with Crippen molar-refractivity contribution in [1.29, 1.82) is 0 Å². The van der Waals surface area contributed by atoms with Crippen molar-refractivity contribution in [3.63, 3.8) is 0 Å². The maximum absolute atomic E-state index is 12.5. The molecule has 8 N–H and O–H groups in total. The van der Waals surface area contributed by atoms with Crippen molar-refractivity contribution < 1.29 is 9.59 Å². The number of nitrogens with zero attached hydrogens (tertiary/aromatic N) is 5. The van der Waals surface area contributed by atoms with E-state index >= 15 is 0 Å². The predicted molar refractivity (Wildman–Crippen MR) is 126 cm³/mol. The standard InChI is InChI=1S/C20H31ClN10O2/c21-16-18(23)28-17(22)15(27-16)19(33)29-20(24)25-12-3-7-31(8-4-12)10-14(32)26-13-9-30-5-1-11(13)2-6-30/h11-13H,1-10H2,(H,26,32)(H4,22,23,28)(H3,24,25,29,33). The summed E-state index contributed by atoms with van der Waals surface area (Å²) in [5, 5.41) is 5.58. The molecule has 4 aliphatic heterocycles. The van der Waals surface area contributed by atoms with Crippen molar-refractivity contribution in [2.24, 2.45) is 16.6 Å². The van der Waals surface area contributed by atoms with Crippen LogP contribution >= 0.6 is 11.6 Å². The molecule has 1 atom stereocenters. The molecule has 13 heteroatoms. The van der Waals surface area contributed by atoms with Crippen LogP contribution in [0.4, 0.5) is 11.6 Å². The molecule has 12 nitrogen and oxygen atoms in total. The van der Waals surface area contributed by atoms with Gasteiger partial charge in [0.05, 0.1) is 12.6 Å². The number of anilines is 2. The van der Waals surface area contributed by atoms with Crippen molar-refractivity contribution >= 4 is 41.0 Å². The van der Waals surface area contributed by atoms with Gasteiger partial charge in [0, 0.05) is 25.7 Å². The van der Waals surface area contributed by atoms with E-state index in [-0.39, 0.29) is 46.4 Å². The van der Waals surface area contributed by atoms with Crippen LogP contribution in [0.5, 0.6) is 0 Å². The maximum Gasteiger partial charge on any atom is 0.280 e. The van der Waals surface area contributed by atoms with Crippen molar-refractivity contribution in [3.8, 4) is 0 Å². The fourth-order valence-electron chi connectivity index (χ4n) is 4.80. The lowest BCUT2D eigenvalue weighted by atomic mass is 9.84. The van der Waals surface area contributed by atoms with Crippen LogP contribution in [0.2, 0.25) is 5.15 Å². The monoisotopic (exact) mass is 478 g/mol. The van der Waals surface area contributed by atoms with Gasteiger partial charge in [0.15, 0.2) is 28.4 Å². The number of nitrogens with one attached hydrogen (secondary N) is 2. The molecule has 180 valence electrons. The van der Waals surface area contributed by atoms with Gasteiger partial charge >= 0.3 is 0 Å². The molecule has 0 aliphatic carbocycles. The van der Waals surface area contributed by atoms with Crippen LogP contribution in [0.3, 0.4) is 0 Å². The Morgan fingerprint density at radius 1 is 1.06 bits per heavy atom. The Labute approximate surface area is 197 Å². The normalized spacial score (nSPS) is 26.2. The number of aliphatic imine (C=N–C) groups is 1. The van der Waals surface area contributed by atoms with E-state index in [2.05, 4.69) is 35.4 Å². The Kier molecular flexibility index (Phi) is 7.15. The van der Waals surface area contributed by atoms with Gasteiger partial charge < -0.3 is 27.4 Å². The van der Waals surface area contributed by atoms with Crippen LogP contribution in [0, 0.1) is 5.92 Å². The first kappa shape index (κ1) is 23.5. The molecule has 4 fully saturated rings. The third kappa shape index (κ3) is 5.81. The van der Waals surface area contributed by atoms with Gasteiger partial charge in [0.2, 0.25) is 5.91 Å². The molecule has 0 spiro atoms. The fraction of sp³-hybridized carbons (Fsp3) is 0.650. The largest absolute Gasteiger partial charge is 0.382 e. The summed E-state index contributed by atoms with van der Waals surface area (Å²) in [5.41, 5.74) is 16.9. The highest BCUT2D eigenvalue weighted by Crippen LogP contribution is 2.27. The first-order valence-electron chi connectivity index (χ1n) is 11.3. The summed E-state index contributed by atoms with van der Waals surface area (Å²) in [5.74, 6) is -0.201. The molecule has 2 amide bonds. The average Bonchev–Trinajstić information content (AvgIpc) is 2.78. The minimum atomic E-state index is -0.662. The molecule has 0 saturated carbocycles. The lowest BCUT2D eigenvalue weighted by Crippen LogP contribution is -2.58. The number of carbonyl (C=O) groups excluding carboxylic acids is 2. The summed E-state index contributed by atoms with van der Waals surface area (Å²) in [6.07, 6.45) is 3.83. The van der Waals surface area contributed by atoms with Crippen molar-refractivity contribution in [3.05, 3.63) is 10.8 Å². The molecule has 4 saturated heterocycles. The molecule has 5 rings (SSSR count). The second kappa shape index (κ2) is 10.1. The minimum Gasteiger partial charge on any atom is -0.382 e. The zero-order valence-corrected chi connectivity index (χ0v) is 19.2. The topological polar surface area (TPSA) is 181 Å². The van der Waals surface area contributed by atoms with Crippen LogP contribution in [0.25, 0.3) is 0 Å². The zero-order valence-electron chi connectivity index (χ0n) is 18.5. The van der Waals surface area contributed by atoms with Gasteiger partial charge in [-0.15, -0.1) is 0 Å². The van der Waals surface area contributed by atoms with Gasteiger partial charge in [-0.1, -0.05) is 11.6 Å². The number of hydrogen-bond donors (Lipinski definition) is 5. The molecule has 1 unspecified atom stereocenters. The summed E-state index contributed by atoms with van der Waals surface area (Å²) in [6, 6.07) is 0.227. The summed E-state index contributed by atoms with van der Waals surface area (Å²) in [7, 11) is 0. The van der Waals surface area contributed by atoms with Crippen LogP contribution in [0.1, 0.15) is 36.2 Å². The summed E-state index contributed by atoms with van der Waals surface area (Å²) >= 11 is 5.81. The number of likely N-dealkylation sites (tertiary alicyclic amines) is 1. The van der Waals surface area contributed by atoms with E-state index in [0.29, 0.717) is 12.5 Å². The molecule has 5 heterocycles. The highest BCUT2D eigenvalue weighted by Gasteiger charge is 2.35. The van der Waals surface area contributed by atoms with Crippen LogP contribution < -0.4 is 27.8 Å². The Morgan fingerprint density at radius 3 is 2.39 bits per heavy atom. The first-order chi connectivity index (χ1) is 15.8. The lowest BCUT2D eigenvalue weighted by Gasteiger charge is -2.45. The van der Waals surface area contributed by atoms with E-state index in [9.17, 15) is 9.59 Å². The summed E-state index contributed by atoms with van der Waals surface area (Å²) < 4.78 is 0. The molecule has 1 aromatic rings. The van der Waals surface area contributed by atoms with E-state index in [1.54, 1.807) is 0 Å². The van der Waals surface area contributed by atoms with E-state index in [1.165, 1.54) is 12.8 Å². The Bertz CT molecular complexity index is 926. The second-order valence-electron chi connectivity index (χ2n) is 8.92. The van der Waals surface area contributed by atoms with Gasteiger partial charge in [0.25, 0.3) is 5.91 Å². The number of nitrogens with two attached hydrogens (primary N) is 3. The molecule has 0 aromatic carbocycles. The van der Waals surface area contributed by atoms with Gasteiger partial charge in [-0.25, -0.2) is 15.0 Å². The van der Waals surface area contributed by atoms with Gasteiger partial charge in [-0.2, -0.15) is 0 Å². The van der Waals surface area contributed by atoms with Crippen molar-refractivity contribution in [1.82, 2.24) is 30.4 Å². The quantitative estimate of drug-likeness (QED) is 0.262. The smallest absolute Gasteiger partial charge is 0.280 e. The van der Waals surface area contributed by atoms with E-state index in [1.807, 2.05) is 0 Å². The molecule has 4 aliphatic rings. The Hall–Kier alpha value is -2.70. The number of aromatic nitrogens is 2. The summed E-state index contributed by atoms with van der Waals surface area (Å²) in [6.45, 7) is 5.14. The van der Waals surface area contributed by atoms with Crippen LogP contribution in [-0.4, -0.2) is 88.9 Å². The molecule has 1 aromatic heterocycles. The molecular formula is C20H31ClN10O2. The highest BCUT2D eigenvalue weighted by atomic mass is 35.5. The minimum absolute atomic E-state index is 0.0345. The second-order valence-corrected chi connectivity index (χ2v) is 9.28. The van der Waals surface area contributed by atoms with E-state index in [0.717, 1.165) is 45.6 Å². The summed E-state index contributed by atoms with van der Waals surface area (Å²) in [4.78, 5) is 41.5. The highest BCUT2D eigenvalue weighted by molar-refractivity contribution is 6.31. The predicted octanol–water partition coefficient (Wildman–Crippen LogP) is -0.986. The number of halogens is 1.